The van der Waals surface area contributed by atoms with E-state index < -0.39 is 0 Å². The average Bonchev–Trinajstić information content (AvgIpc) is 2.73. The smallest absolute Gasteiger partial charge is 0.161 e. The predicted octanol–water partition coefficient (Wildman–Crippen LogP) is 5.58. The van der Waals surface area contributed by atoms with Gasteiger partial charge >= 0.3 is 0 Å². The number of allylic oxidation sites excluding steroid dienone is 1. The quantitative estimate of drug-likeness (QED) is 0.609. The molecule has 136 valence electrons. The van der Waals surface area contributed by atoms with E-state index in [0.717, 1.165) is 17.1 Å². The van der Waals surface area contributed by atoms with Crippen LogP contribution in [0, 0.1) is 6.92 Å². The summed E-state index contributed by atoms with van der Waals surface area (Å²) in [7, 11) is 3.28. The van der Waals surface area contributed by atoms with Crippen molar-refractivity contribution < 1.29 is 14.2 Å². The molecule has 3 heteroatoms. The standard InChI is InChI=1S/C24H22O3/c1-16-8-10-17(11-9-16)20-15-23(27-21-7-5-4-6-19(20)21)18-12-13-22(25-2)24(14-18)26-3/h4-15,20H,1-3H3/t20-/m0/s1. The monoisotopic (exact) mass is 358 g/mol. The summed E-state index contributed by atoms with van der Waals surface area (Å²) < 4.78 is 17.0. The molecule has 0 unspecified atom stereocenters. The van der Waals surface area contributed by atoms with Gasteiger partial charge in [0.2, 0.25) is 0 Å². The number of benzene rings is 3. The Kier molecular flexibility index (Phi) is 4.59. The lowest BCUT2D eigenvalue weighted by Crippen LogP contribution is -2.10. The number of rotatable bonds is 4. The molecule has 0 radical (unpaired) electrons. The second-order valence-electron chi connectivity index (χ2n) is 6.63. The Morgan fingerprint density at radius 1 is 0.815 bits per heavy atom. The molecule has 0 bridgehead atoms. The average molecular weight is 358 g/mol. The number of methoxy groups -OCH3 is 2. The molecule has 3 nitrogen and oxygen atoms in total. The van der Waals surface area contributed by atoms with Gasteiger partial charge in [0.25, 0.3) is 0 Å². The lowest BCUT2D eigenvalue weighted by atomic mass is 9.87. The Morgan fingerprint density at radius 3 is 2.30 bits per heavy atom. The first-order valence-corrected chi connectivity index (χ1v) is 8.97. The largest absolute Gasteiger partial charge is 0.493 e. The zero-order valence-electron chi connectivity index (χ0n) is 15.7. The lowest BCUT2D eigenvalue weighted by molar-refractivity contribution is 0.354. The fourth-order valence-electron chi connectivity index (χ4n) is 3.42. The molecule has 1 heterocycles. The highest BCUT2D eigenvalue weighted by molar-refractivity contribution is 5.70. The molecule has 1 aliphatic heterocycles. The fourth-order valence-corrected chi connectivity index (χ4v) is 3.42. The van der Waals surface area contributed by atoms with Crippen LogP contribution in [0.3, 0.4) is 0 Å². The minimum atomic E-state index is 0.138. The number of aryl methyl sites for hydroxylation is 1. The molecule has 0 saturated carbocycles. The van der Waals surface area contributed by atoms with Crippen LogP contribution < -0.4 is 14.2 Å². The third kappa shape index (κ3) is 3.28. The van der Waals surface area contributed by atoms with Crippen molar-refractivity contribution in [2.45, 2.75) is 12.8 Å². The molecular formula is C24H22O3. The predicted molar refractivity (Wildman–Crippen MR) is 108 cm³/mol. The van der Waals surface area contributed by atoms with Crippen molar-refractivity contribution in [1.82, 2.24) is 0 Å². The van der Waals surface area contributed by atoms with Gasteiger partial charge in [0.05, 0.1) is 14.2 Å². The first-order valence-electron chi connectivity index (χ1n) is 8.97. The van der Waals surface area contributed by atoms with Gasteiger partial charge in [-0.2, -0.15) is 0 Å². The summed E-state index contributed by atoms with van der Waals surface area (Å²) in [4.78, 5) is 0. The zero-order valence-corrected chi connectivity index (χ0v) is 15.7. The molecule has 0 spiro atoms. The number of hydrogen-bond donors (Lipinski definition) is 0. The van der Waals surface area contributed by atoms with Gasteiger partial charge in [-0.05, 0) is 42.8 Å². The minimum absolute atomic E-state index is 0.138. The SMILES string of the molecule is COc1ccc(C2=C[C@@H](c3ccc(C)cc3)c3ccccc3O2)cc1OC. The van der Waals surface area contributed by atoms with Crippen LogP contribution in [0.2, 0.25) is 0 Å². The van der Waals surface area contributed by atoms with Crippen molar-refractivity contribution in [1.29, 1.82) is 0 Å². The maximum atomic E-state index is 6.23. The summed E-state index contributed by atoms with van der Waals surface area (Å²) in [5.74, 6) is 3.23. The van der Waals surface area contributed by atoms with Crippen LogP contribution in [0.5, 0.6) is 17.2 Å². The van der Waals surface area contributed by atoms with E-state index in [1.54, 1.807) is 14.2 Å². The highest BCUT2D eigenvalue weighted by atomic mass is 16.5. The molecule has 0 amide bonds. The maximum Gasteiger partial charge on any atom is 0.161 e. The molecule has 3 aromatic rings. The van der Waals surface area contributed by atoms with Crippen molar-refractivity contribution >= 4 is 5.76 Å². The van der Waals surface area contributed by atoms with Gasteiger partial charge in [-0.25, -0.2) is 0 Å². The van der Waals surface area contributed by atoms with Gasteiger partial charge in [0, 0.05) is 17.0 Å². The van der Waals surface area contributed by atoms with E-state index in [1.807, 2.05) is 30.3 Å². The van der Waals surface area contributed by atoms with Gasteiger partial charge in [-0.1, -0.05) is 48.0 Å². The van der Waals surface area contributed by atoms with E-state index in [1.165, 1.54) is 16.7 Å². The molecule has 0 fully saturated rings. The van der Waals surface area contributed by atoms with E-state index in [2.05, 4.69) is 49.4 Å². The number of para-hydroxylation sites is 1. The molecule has 0 aromatic heterocycles. The lowest BCUT2D eigenvalue weighted by Gasteiger charge is -2.26. The second kappa shape index (κ2) is 7.20. The van der Waals surface area contributed by atoms with E-state index in [0.29, 0.717) is 11.5 Å². The Hall–Kier alpha value is -3.20. The Labute approximate surface area is 159 Å². The van der Waals surface area contributed by atoms with Crippen molar-refractivity contribution in [2.24, 2.45) is 0 Å². The van der Waals surface area contributed by atoms with Crippen molar-refractivity contribution in [3.63, 3.8) is 0 Å². The highest BCUT2D eigenvalue weighted by Crippen LogP contribution is 2.42. The molecule has 27 heavy (non-hydrogen) atoms. The van der Waals surface area contributed by atoms with E-state index >= 15 is 0 Å². The molecule has 0 aliphatic carbocycles. The number of hydrogen-bond acceptors (Lipinski definition) is 3. The van der Waals surface area contributed by atoms with Crippen molar-refractivity contribution in [2.75, 3.05) is 14.2 Å². The molecule has 0 N–H and O–H groups in total. The van der Waals surface area contributed by atoms with E-state index in [4.69, 9.17) is 14.2 Å². The van der Waals surface area contributed by atoms with Crippen LogP contribution in [0.25, 0.3) is 5.76 Å². The molecule has 0 saturated heterocycles. The van der Waals surface area contributed by atoms with Crippen LogP contribution in [0.15, 0.2) is 72.8 Å². The highest BCUT2D eigenvalue weighted by Gasteiger charge is 2.24. The normalized spacial score (nSPS) is 15.4. The van der Waals surface area contributed by atoms with E-state index in [9.17, 15) is 0 Å². The fraction of sp³-hybridized carbons (Fsp3) is 0.167. The van der Waals surface area contributed by atoms with Crippen LogP contribution in [-0.2, 0) is 0 Å². The first kappa shape index (κ1) is 17.2. The van der Waals surface area contributed by atoms with Gasteiger partial charge < -0.3 is 14.2 Å². The molecular weight excluding hydrogens is 336 g/mol. The first-order chi connectivity index (χ1) is 13.2. The van der Waals surface area contributed by atoms with Crippen LogP contribution in [0.1, 0.15) is 28.2 Å². The van der Waals surface area contributed by atoms with E-state index in [-0.39, 0.29) is 5.92 Å². The molecule has 3 aromatic carbocycles. The third-order valence-corrected chi connectivity index (χ3v) is 4.90. The van der Waals surface area contributed by atoms with Crippen LogP contribution >= 0.6 is 0 Å². The van der Waals surface area contributed by atoms with Crippen LogP contribution in [0.4, 0.5) is 0 Å². The van der Waals surface area contributed by atoms with Gasteiger partial charge in [0.1, 0.15) is 11.5 Å². The minimum Gasteiger partial charge on any atom is -0.493 e. The number of fused-ring (bicyclic) bond motifs is 1. The summed E-state index contributed by atoms with van der Waals surface area (Å²) in [5, 5.41) is 0. The Balaban J connectivity index is 1.81. The van der Waals surface area contributed by atoms with Crippen molar-refractivity contribution in [3.8, 4) is 17.2 Å². The second-order valence-corrected chi connectivity index (χ2v) is 6.63. The van der Waals surface area contributed by atoms with Gasteiger partial charge in [-0.3, -0.25) is 0 Å². The Morgan fingerprint density at radius 2 is 1.56 bits per heavy atom. The zero-order chi connectivity index (χ0) is 18.8. The summed E-state index contributed by atoms with van der Waals surface area (Å²) in [6.07, 6.45) is 2.17. The summed E-state index contributed by atoms with van der Waals surface area (Å²) in [5.41, 5.74) is 4.63. The topological polar surface area (TPSA) is 27.7 Å². The van der Waals surface area contributed by atoms with Crippen LogP contribution in [-0.4, -0.2) is 14.2 Å². The number of ether oxygens (including phenoxy) is 3. The van der Waals surface area contributed by atoms with Crippen molar-refractivity contribution in [3.05, 3.63) is 95.1 Å². The molecule has 4 rings (SSSR count). The summed E-state index contributed by atoms with van der Waals surface area (Å²) in [6, 6.07) is 22.7. The summed E-state index contributed by atoms with van der Waals surface area (Å²) in [6.45, 7) is 2.10. The van der Waals surface area contributed by atoms with Gasteiger partial charge in [-0.15, -0.1) is 0 Å². The summed E-state index contributed by atoms with van der Waals surface area (Å²) >= 11 is 0. The van der Waals surface area contributed by atoms with Gasteiger partial charge in [0.15, 0.2) is 11.5 Å². The third-order valence-electron chi connectivity index (χ3n) is 4.90. The molecule has 1 atom stereocenters. The molecule has 1 aliphatic rings. The Bertz CT molecular complexity index is 987. The maximum absolute atomic E-state index is 6.23.